The van der Waals surface area contributed by atoms with E-state index in [9.17, 15) is 18.0 Å². The number of nitrogens with zero attached hydrogens (tertiary/aromatic N) is 2. The molecule has 0 heterocycles. The molecule has 3 rings (SSSR count). The van der Waals surface area contributed by atoms with Crippen LogP contribution in [0.5, 0.6) is 0 Å². The number of amides is 2. The van der Waals surface area contributed by atoms with Crippen molar-refractivity contribution in [2.24, 2.45) is 0 Å². The standard InChI is InChI=1S/C30H35Cl2N3O4S/c1-4-6-18-33-30(37)27(5-2)34(20-23-16-17-25(31)26(32)19-23)29(36)21-35(28-15-11-10-12-22(28)3)40(38,39)24-13-8-7-9-14-24/h7-17,19,27H,4-6,18,20-21H2,1-3H3,(H,33,37)/t27-/m1/s1. The molecule has 0 saturated heterocycles. The molecular formula is C30H35Cl2N3O4S. The van der Waals surface area contributed by atoms with Crippen molar-refractivity contribution in [1.82, 2.24) is 10.2 Å². The Labute approximate surface area is 247 Å². The van der Waals surface area contributed by atoms with Gasteiger partial charge in [-0.05, 0) is 61.2 Å². The lowest BCUT2D eigenvalue weighted by Crippen LogP contribution is -2.52. The average Bonchev–Trinajstić information content (AvgIpc) is 2.94. The number of rotatable bonds is 13. The van der Waals surface area contributed by atoms with Gasteiger partial charge in [-0.1, -0.05) is 85.9 Å². The Morgan fingerprint density at radius 3 is 2.23 bits per heavy atom. The van der Waals surface area contributed by atoms with Crippen LogP contribution in [0.2, 0.25) is 10.0 Å². The summed E-state index contributed by atoms with van der Waals surface area (Å²) in [5.41, 5.74) is 1.74. The van der Waals surface area contributed by atoms with E-state index in [1.54, 1.807) is 67.6 Å². The van der Waals surface area contributed by atoms with Gasteiger partial charge in [0.05, 0.1) is 20.6 Å². The van der Waals surface area contributed by atoms with Gasteiger partial charge in [0.2, 0.25) is 11.8 Å². The number of para-hydroxylation sites is 1. The Bertz CT molecular complexity index is 1420. The number of nitrogens with one attached hydrogen (secondary N) is 1. The minimum Gasteiger partial charge on any atom is -0.354 e. The summed E-state index contributed by atoms with van der Waals surface area (Å²) in [6.45, 7) is 5.66. The highest BCUT2D eigenvalue weighted by atomic mass is 35.5. The number of benzene rings is 3. The van der Waals surface area contributed by atoms with Gasteiger partial charge >= 0.3 is 0 Å². The summed E-state index contributed by atoms with van der Waals surface area (Å²) in [6.07, 6.45) is 2.05. The summed E-state index contributed by atoms with van der Waals surface area (Å²) >= 11 is 12.3. The number of anilines is 1. The number of halogens is 2. The summed E-state index contributed by atoms with van der Waals surface area (Å²) in [5.74, 6) is -0.816. The molecule has 1 N–H and O–H groups in total. The first-order valence-electron chi connectivity index (χ1n) is 13.2. The van der Waals surface area contributed by atoms with Crippen LogP contribution in [0.1, 0.15) is 44.2 Å². The predicted octanol–water partition coefficient (Wildman–Crippen LogP) is 6.22. The monoisotopic (exact) mass is 603 g/mol. The molecule has 0 aliphatic heterocycles. The number of hydrogen-bond donors (Lipinski definition) is 1. The number of carbonyl (C=O) groups excluding carboxylic acids is 2. The normalized spacial score (nSPS) is 12.0. The lowest BCUT2D eigenvalue weighted by atomic mass is 10.1. The Balaban J connectivity index is 2.05. The van der Waals surface area contributed by atoms with E-state index in [-0.39, 0.29) is 17.3 Å². The molecule has 0 saturated carbocycles. The van der Waals surface area contributed by atoms with Gasteiger partial charge in [-0.3, -0.25) is 13.9 Å². The van der Waals surface area contributed by atoms with E-state index < -0.39 is 28.5 Å². The van der Waals surface area contributed by atoms with E-state index in [0.717, 1.165) is 17.1 Å². The third kappa shape index (κ3) is 7.77. The molecule has 214 valence electrons. The summed E-state index contributed by atoms with van der Waals surface area (Å²) in [7, 11) is -4.11. The molecule has 0 spiro atoms. The minimum absolute atomic E-state index is 0.0441. The lowest BCUT2D eigenvalue weighted by Gasteiger charge is -2.33. The van der Waals surface area contributed by atoms with Gasteiger partial charge in [0.1, 0.15) is 12.6 Å². The number of hydrogen-bond acceptors (Lipinski definition) is 4. The molecule has 7 nitrogen and oxygen atoms in total. The van der Waals surface area contributed by atoms with Gasteiger partial charge in [0, 0.05) is 13.1 Å². The molecule has 3 aromatic carbocycles. The molecule has 0 aromatic heterocycles. The van der Waals surface area contributed by atoms with Gasteiger partial charge in [-0.2, -0.15) is 0 Å². The topological polar surface area (TPSA) is 86.8 Å². The Hall–Kier alpha value is -3.07. The molecule has 0 radical (unpaired) electrons. The number of carbonyl (C=O) groups is 2. The molecule has 0 aliphatic carbocycles. The first-order chi connectivity index (χ1) is 19.1. The molecule has 3 aromatic rings. The lowest BCUT2D eigenvalue weighted by molar-refractivity contribution is -0.140. The molecule has 0 aliphatic rings. The third-order valence-electron chi connectivity index (χ3n) is 6.55. The zero-order valence-corrected chi connectivity index (χ0v) is 25.3. The maximum Gasteiger partial charge on any atom is 0.264 e. The van der Waals surface area contributed by atoms with Crippen LogP contribution in [0.3, 0.4) is 0 Å². The van der Waals surface area contributed by atoms with Gasteiger partial charge in [-0.25, -0.2) is 8.42 Å². The fraction of sp³-hybridized carbons (Fsp3) is 0.333. The van der Waals surface area contributed by atoms with Crippen molar-refractivity contribution in [2.75, 3.05) is 17.4 Å². The van der Waals surface area contributed by atoms with Crippen LogP contribution in [0.4, 0.5) is 5.69 Å². The molecular weight excluding hydrogens is 569 g/mol. The van der Waals surface area contributed by atoms with Gasteiger partial charge in [0.25, 0.3) is 10.0 Å². The summed E-state index contributed by atoms with van der Waals surface area (Å²) in [6, 6.07) is 19.2. The number of aryl methyl sites for hydroxylation is 1. The first-order valence-corrected chi connectivity index (χ1v) is 15.4. The highest BCUT2D eigenvalue weighted by molar-refractivity contribution is 7.92. The van der Waals surface area contributed by atoms with E-state index in [1.165, 1.54) is 17.0 Å². The van der Waals surface area contributed by atoms with Crippen molar-refractivity contribution in [3.8, 4) is 0 Å². The SMILES string of the molecule is CCCCNC(=O)[C@@H](CC)N(Cc1ccc(Cl)c(Cl)c1)C(=O)CN(c1ccccc1C)S(=O)(=O)c1ccccc1. The molecule has 40 heavy (non-hydrogen) atoms. The smallest absolute Gasteiger partial charge is 0.264 e. The zero-order chi connectivity index (χ0) is 29.3. The maximum atomic E-state index is 14.1. The second-order valence-corrected chi connectivity index (χ2v) is 12.1. The van der Waals surface area contributed by atoms with Crippen molar-refractivity contribution in [3.05, 3.63) is 94.0 Å². The van der Waals surface area contributed by atoms with E-state index in [4.69, 9.17) is 23.2 Å². The highest BCUT2D eigenvalue weighted by Gasteiger charge is 2.34. The predicted molar refractivity (Wildman–Crippen MR) is 161 cm³/mol. The van der Waals surface area contributed by atoms with Gasteiger partial charge in [0.15, 0.2) is 0 Å². The minimum atomic E-state index is -4.11. The van der Waals surface area contributed by atoms with Crippen molar-refractivity contribution in [2.45, 2.75) is 57.5 Å². The van der Waals surface area contributed by atoms with E-state index in [0.29, 0.717) is 39.8 Å². The van der Waals surface area contributed by atoms with Crippen LogP contribution >= 0.6 is 23.2 Å². The Kier molecular flexibility index (Phi) is 11.4. The van der Waals surface area contributed by atoms with Gasteiger partial charge < -0.3 is 10.2 Å². The summed E-state index contributed by atoms with van der Waals surface area (Å²) in [4.78, 5) is 28.8. The first kappa shape index (κ1) is 31.5. The third-order valence-corrected chi connectivity index (χ3v) is 9.06. The van der Waals surface area contributed by atoms with E-state index >= 15 is 0 Å². The number of sulfonamides is 1. The average molecular weight is 605 g/mol. The summed E-state index contributed by atoms with van der Waals surface area (Å²) in [5, 5.41) is 3.60. The zero-order valence-electron chi connectivity index (χ0n) is 22.9. The Morgan fingerprint density at radius 2 is 1.60 bits per heavy atom. The van der Waals surface area contributed by atoms with Crippen LogP contribution < -0.4 is 9.62 Å². The van der Waals surface area contributed by atoms with Crippen LogP contribution in [0.25, 0.3) is 0 Å². The second kappa shape index (κ2) is 14.5. The van der Waals surface area contributed by atoms with Crippen molar-refractivity contribution >= 4 is 50.7 Å². The molecule has 0 bridgehead atoms. The van der Waals surface area contributed by atoms with Crippen LogP contribution in [0, 0.1) is 6.92 Å². The van der Waals surface area contributed by atoms with Crippen LogP contribution in [-0.2, 0) is 26.2 Å². The molecule has 10 heteroatoms. The fourth-order valence-corrected chi connectivity index (χ4v) is 6.16. The van der Waals surface area contributed by atoms with Crippen molar-refractivity contribution in [1.29, 1.82) is 0 Å². The Morgan fingerprint density at radius 1 is 0.925 bits per heavy atom. The van der Waals surface area contributed by atoms with Crippen molar-refractivity contribution in [3.63, 3.8) is 0 Å². The van der Waals surface area contributed by atoms with Crippen LogP contribution in [-0.4, -0.2) is 44.3 Å². The molecule has 0 unspecified atom stereocenters. The largest absolute Gasteiger partial charge is 0.354 e. The fourth-order valence-electron chi connectivity index (χ4n) is 4.34. The second-order valence-electron chi connectivity index (χ2n) is 9.45. The van der Waals surface area contributed by atoms with E-state index in [1.807, 2.05) is 13.8 Å². The molecule has 0 fully saturated rings. The summed E-state index contributed by atoms with van der Waals surface area (Å²) < 4.78 is 28.9. The van der Waals surface area contributed by atoms with Gasteiger partial charge in [-0.15, -0.1) is 0 Å². The molecule has 1 atom stereocenters. The highest BCUT2D eigenvalue weighted by Crippen LogP contribution is 2.28. The van der Waals surface area contributed by atoms with E-state index in [2.05, 4.69) is 5.32 Å². The quantitative estimate of drug-likeness (QED) is 0.235. The molecule has 2 amide bonds. The van der Waals surface area contributed by atoms with Crippen molar-refractivity contribution < 1.29 is 18.0 Å². The number of unbranched alkanes of at least 4 members (excludes halogenated alkanes) is 1. The maximum absolute atomic E-state index is 14.1. The van der Waals surface area contributed by atoms with Crippen LogP contribution in [0.15, 0.2) is 77.7 Å².